The molecule has 2 atom stereocenters. The van der Waals surface area contributed by atoms with Crippen molar-refractivity contribution in [3.8, 4) is 0 Å². The van der Waals surface area contributed by atoms with Crippen molar-refractivity contribution in [2.24, 2.45) is 7.05 Å². The number of hydrogen-bond acceptors (Lipinski definition) is 7. The molecule has 3 aromatic rings. The van der Waals surface area contributed by atoms with E-state index in [4.69, 9.17) is 11.6 Å². The number of halogens is 2. The van der Waals surface area contributed by atoms with Crippen LogP contribution in [-0.4, -0.2) is 47.7 Å². The van der Waals surface area contributed by atoms with E-state index in [1.807, 2.05) is 0 Å². The van der Waals surface area contributed by atoms with E-state index in [-0.39, 0.29) is 11.6 Å². The highest BCUT2D eigenvalue weighted by molar-refractivity contribution is 6.30. The predicted molar refractivity (Wildman–Crippen MR) is 115 cm³/mol. The summed E-state index contributed by atoms with van der Waals surface area (Å²) in [6.45, 7) is -0.322. The number of aliphatic hydroxyl groups excluding tert-OH is 2. The number of allylic oxidation sites excluding steroid dienone is 2. The summed E-state index contributed by atoms with van der Waals surface area (Å²) in [5, 5.41) is 27.7. The molecule has 3 N–H and O–H groups in total. The summed E-state index contributed by atoms with van der Waals surface area (Å²) in [7, 11) is 1.80. The van der Waals surface area contributed by atoms with Crippen LogP contribution in [0.4, 0.5) is 16.2 Å². The molecule has 1 unspecified atom stereocenters. The number of nitrogens with one attached hydrogen (secondary N) is 1. The van der Waals surface area contributed by atoms with Crippen molar-refractivity contribution in [3.05, 3.63) is 83.2 Å². The quantitative estimate of drug-likeness (QED) is 0.539. The molecule has 0 saturated heterocycles. The van der Waals surface area contributed by atoms with Crippen LogP contribution in [0, 0.1) is 5.82 Å². The molecule has 3 heterocycles. The van der Waals surface area contributed by atoms with Crippen LogP contribution < -0.4 is 5.32 Å². The first kappa shape index (κ1) is 21.0. The lowest BCUT2D eigenvalue weighted by Crippen LogP contribution is -2.36. The highest BCUT2D eigenvalue weighted by Crippen LogP contribution is 2.30. The maximum atomic E-state index is 13.9. The van der Waals surface area contributed by atoms with Crippen molar-refractivity contribution >= 4 is 28.9 Å². The van der Waals surface area contributed by atoms with Crippen LogP contribution >= 0.6 is 11.6 Å². The lowest BCUT2D eigenvalue weighted by molar-refractivity contribution is 0.0254. The second-order valence-corrected chi connectivity index (χ2v) is 7.31. The van der Waals surface area contributed by atoms with Gasteiger partial charge in [-0.3, -0.25) is 4.68 Å². The van der Waals surface area contributed by atoms with Crippen LogP contribution in [0.2, 0.25) is 5.02 Å². The van der Waals surface area contributed by atoms with Gasteiger partial charge in [0.05, 0.1) is 29.6 Å². The molecule has 0 saturated carbocycles. The van der Waals surface area contributed by atoms with E-state index in [1.54, 1.807) is 60.7 Å². The van der Waals surface area contributed by atoms with E-state index < -0.39 is 18.1 Å². The number of nitrogens with zero attached hydrogens (tertiary/aromatic N) is 5. The van der Waals surface area contributed by atoms with Gasteiger partial charge in [-0.1, -0.05) is 17.7 Å². The average molecular weight is 443 g/mol. The zero-order valence-electron chi connectivity index (χ0n) is 16.5. The monoisotopic (exact) mass is 442 g/mol. The molecule has 31 heavy (non-hydrogen) atoms. The fraction of sp³-hybridized carbons (Fsp3) is 0.190. The Kier molecular flexibility index (Phi) is 5.99. The third-order valence-electron chi connectivity index (χ3n) is 4.93. The van der Waals surface area contributed by atoms with Gasteiger partial charge in [0.15, 0.2) is 0 Å². The summed E-state index contributed by atoms with van der Waals surface area (Å²) in [5.41, 5.74) is 1.78. The molecule has 2 aromatic heterocycles. The van der Waals surface area contributed by atoms with Crippen molar-refractivity contribution in [1.29, 1.82) is 0 Å². The molecule has 10 heteroatoms. The van der Waals surface area contributed by atoms with Crippen LogP contribution in [0.1, 0.15) is 17.3 Å². The maximum absolute atomic E-state index is 13.9. The molecule has 8 nitrogen and oxygen atoms in total. The Hall–Kier alpha value is -3.27. The van der Waals surface area contributed by atoms with Crippen molar-refractivity contribution in [3.63, 3.8) is 0 Å². The van der Waals surface area contributed by atoms with E-state index in [9.17, 15) is 14.6 Å². The van der Waals surface area contributed by atoms with Crippen LogP contribution in [0.3, 0.4) is 0 Å². The fourth-order valence-electron chi connectivity index (χ4n) is 3.30. The normalized spacial score (nSPS) is 16.9. The standard InChI is InChI=1S/C21H20ClFN6O2/c1-28-19(5-8-25-28)27-21-24-7-4-17(26-21)13-6-9-29(20(31)11-13)18(12-30)14-2-3-15(22)16(23)10-14/h2-11,18,20,30-31H,12H2,1H3,(H,24,26,27)/t18-,20?/m1/s1. The van der Waals surface area contributed by atoms with Gasteiger partial charge in [0.1, 0.15) is 17.9 Å². The molecule has 0 fully saturated rings. The number of rotatable bonds is 6. The first-order valence-electron chi connectivity index (χ1n) is 9.46. The van der Waals surface area contributed by atoms with E-state index in [2.05, 4.69) is 20.4 Å². The average Bonchev–Trinajstić information content (AvgIpc) is 3.16. The topological polar surface area (TPSA) is 99.3 Å². The Morgan fingerprint density at radius 2 is 2.10 bits per heavy atom. The van der Waals surface area contributed by atoms with E-state index in [1.165, 1.54) is 17.0 Å². The van der Waals surface area contributed by atoms with Crippen LogP contribution in [0.25, 0.3) is 5.57 Å². The van der Waals surface area contributed by atoms with Crippen LogP contribution in [0.15, 0.2) is 61.1 Å². The largest absolute Gasteiger partial charge is 0.394 e. The highest BCUT2D eigenvalue weighted by Gasteiger charge is 2.25. The Balaban J connectivity index is 1.55. The molecule has 1 aromatic carbocycles. The molecular weight excluding hydrogens is 423 g/mol. The molecule has 0 radical (unpaired) electrons. The lowest BCUT2D eigenvalue weighted by atomic mass is 10.0. The van der Waals surface area contributed by atoms with Crippen LogP contribution in [0.5, 0.6) is 0 Å². The summed E-state index contributed by atoms with van der Waals surface area (Å²) in [4.78, 5) is 10.2. The van der Waals surface area contributed by atoms with E-state index in [0.717, 1.165) is 5.82 Å². The smallest absolute Gasteiger partial charge is 0.228 e. The van der Waals surface area contributed by atoms with Gasteiger partial charge in [0.25, 0.3) is 0 Å². The molecule has 4 rings (SSSR count). The molecule has 0 amide bonds. The second kappa shape index (κ2) is 8.84. The Bertz CT molecular complexity index is 1150. The minimum atomic E-state index is -1.06. The number of anilines is 2. The van der Waals surface area contributed by atoms with Gasteiger partial charge in [0.2, 0.25) is 5.95 Å². The first-order chi connectivity index (χ1) is 15.0. The minimum Gasteiger partial charge on any atom is -0.394 e. The Morgan fingerprint density at radius 3 is 2.77 bits per heavy atom. The maximum Gasteiger partial charge on any atom is 0.228 e. The van der Waals surface area contributed by atoms with Gasteiger partial charge in [-0.15, -0.1) is 0 Å². The fourth-order valence-corrected chi connectivity index (χ4v) is 3.42. The lowest BCUT2D eigenvalue weighted by Gasteiger charge is -2.35. The molecule has 1 aliphatic rings. The molecule has 0 bridgehead atoms. The third-order valence-corrected chi connectivity index (χ3v) is 5.24. The van der Waals surface area contributed by atoms with Crippen molar-refractivity contribution in [2.75, 3.05) is 11.9 Å². The van der Waals surface area contributed by atoms with Gasteiger partial charge >= 0.3 is 0 Å². The number of benzene rings is 1. The molecular formula is C21H20ClFN6O2. The summed E-state index contributed by atoms with van der Waals surface area (Å²) in [5.74, 6) is 0.536. The minimum absolute atomic E-state index is 0.00310. The van der Waals surface area contributed by atoms with Gasteiger partial charge < -0.3 is 20.4 Å². The Labute approximate surface area is 182 Å². The zero-order chi connectivity index (χ0) is 22.0. The van der Waals surface area contributed by atoms with Gasteiger partial charge in [0, 0.05) is 31.1 Å². The zero-order valence-corrected chi connectivity index (χ0v) is 17.3. The van der Waals surface area contributed by atoms with Crippen molar-refractivity contribution < 1.29 is 14.6 Å². The summed E-state index contributed by atoms with van der Waals surface area (Å²) < 4.78 is 15.5. The summed E-state index contributed by atoms with van der Waals surface area (Å²) >= 11 is 5.75. The highest BCUT2D eigenvalue weighted by atomic mass is 35.5. The molecule has 0 aliphatic carbocycles. The summed E-state index contributed by atoms with van der Waals surface area (Å²) in [6, 6.07) is 7.17. The van der Waals surface area contributed by atoms with Crippen molar-refractivity contribution in [2.45, 2.75) is 12.3 Å². The second-order valence-electron chi connectivity index (χ2n) is 6.90. The SMILES string of the molecule is Cn1nccc1Nc1nccc(C2=CC(O)N([C@H](CO)c3ccc(Cl)c(F)c3)C=C2)n1. The Morgan fingerprint density at radius 1 is 1.26 bits per heavy atom. The van der Waals surface area contributed by atoms with Crippen LogP contribution in [-0.2, 0) is 7.05 Å². The summed E-state index contributed by atoms with van der Waals surface area (Å²) in [6.07, 6.45) is 7.22. The van der Waals surface area contributed by atoms with E-state index in [0.29, 0.717) is 22.8 Å². The van der Waals surface area contributed by atoms with Gasteiger partial charge in [-0.05, 0) is 35.9 Å². The van der Waals surface area contributed by atoms with Gasteiger partial charge in [-0.2, -0.15) is 5.10 Å². The number of aromatic nitrogens is 4. The number of aryl methyl sites for hydroxylation is 1. The van der Waals surface area contributed by atoms with E-state index >= 15 is 0 Å². The molecule has 0 spiro atoms. The molecule has 160 valence electrons. The van der Waals surface area contributed by atoms with Crippen molar-refractivity contribution in [1.82, 2.24) is 24.6 Å². The number of hydrogen-bond donors (Lipinski definition) is 3. The molecule has 1 aliphatic heterocycles. The first-order valence-corrected chi connectivity index (χ1v) is 9.84. The third kappa shape index (κ3) is 4.43. The van der Waals surface area contributed by atoms with Gasteiger partial charge in [-0.25, -0.2) is 14.4 Å². The predicted octanol–water partition coefficient (Wildman–Crippen LogP) is 3.01. The number of aliphatic hydroxyl groups is 2.